The lowest BCUT2D eigenvalue weighted by Crippen LogP contribution is -2.49. The molecule has 1 amide bonds. The van der Waals surface area contributed by atoms with E-state index in [1.807, 2.05) is 0 Å². The van der Waals surface area contributed by atoms with Crippen LogP contribution in [0.15, 0.2) is 24.3 Å². The molecule has 0 atom stereocenters. The summed E-state index contributed by atoms with van der Waals surface area (Å²) in [4.78, 5) is 25.6. The van der Waals surface area contributed by atoms with Crippen LogP contribution in [0, 0.1) is 0 Å². The number of esters is 1. The lowest BCUT2D eigenvalue weighted by atomic mass is 10.1. The van der Waals surface area contributed by atoms with Gasteiger partial charge in [-0.3, -0.25) is 9.69 Å². The number of hydrogen-bond donors (Lipinski definition) is 1. The molecular formula is C16H23N3O5S. The molecule has 0 saturated carbocycles. The van der Waals surface area contributed by atoms with Gasteiger partial charge in [-0.25, -0.2) is 13.2 Å². The first-order chi connectivity index (χ1) is 11.8. The van der Waals surface area contributed by atoms with E-state index in [-0.39, 0.29) is 5.91 Å². The summed E-state index contributed by atoms with van der Waals surface area (Å²) in [5, 5.41) is 2.82. The average molecular weight is 369 g/mol. The number of nitrogens with one attached hydrogen (secondary N) is 1. The van der Waals surface area contributed by atoms with E-state index in [1.165, 1.54) is 17.7 Å². The lowest BCUT2D eigenvalue weighted by Gasteiger charge is -2.33. The summed E-state index contributed by atoms with van der Waals surface area (Å²) >= 11 is 0. The molecule has 8 nitrogen and oxygen atoms in total. The van der Waals surface area contributed by atoms with Crippen molar-refractivity contribution >= 4 is 21.9 Å². The fourth-order valence-electron chi connectivity index (χ4n) is 2.59. The van der Waals surface area contributed by atoms with Crippen molar-refractivity contribution in [2.75, 3.05) is 52.6 Å². The number of hydrogen-bond acceptors (Lipinski definition) is 6. The maximum absolute atomic E-state index is 12.1. The molecule has 25 heavy (non-hydrogen) atoms. The van der Waals surface area contributed by atoms with Crippen molar-refractivity contribution in [1.82, 2.24) is 14.5 Å². The zero-order valence-electron chi connectivity index (χ0n) is 14.4. The van der Waals surface area contributed by atoms with Crippen molar-refractivity contribution in [3.8, 4) is 0 Å². The number of methoxy groups -OCH3 is 1. The predicted molar refractivity (Wildman–Crippen MR) is 93.0 cm³/mol. The van der Waals surface area contributed by atoms with Gasteiger partial charge >= 0.3 is 5.97 Å². The van der Waals surface area contributed by atoms with Crippen LogP contribution in [0.3, 0.4) is 0 Å². The first-order valence-electron chi connectivity index (χ1n) is 7.95. The Morgan fingerprint density at radius 2 is 1.64 bits per heavy atom. The van der Waals surface area contributed by atoms with Gasteiger partial charge in [0.1, 0.15) is 0 Å². The van der Waals surface area contributed by atoms with Crippen molar-refractivity contribution in [1.29, 1.82) is 0 Å². The minimum Gasteiger partial charge on any atom is -0.465 e. The zero-order chi connectivity index (χ0) is 18.4. The Bertz CT molecular complexity index is 710. The van der Waals surface area contributed by atoms with Gasteiger partial charge in [-0.15, -0.1) is 0 Å². The molecule has 1 saturated heterocycles. The van der Waals surface area contributed by atoms with E-state index in [2.05, 4.69) is 15.0 Å². The first-order valence-corrected chi connectivity index (χ1v) is 9.80. The molecule has 1 fully saturated rings. The number of nitrogens with zero attached hydrogens (tertiary/aromatic N) is 2. The number of carbonyl (C=O) groups excluding carboxylic acids is 2. The summed E-state index contributed by atoms with van der Waals surface area (Å²) in [6.45, 7) is 3.37. The molecule has 0 aromatic heterocycles. The summed E-state index contributed by atoms with van der Waals surface area (Å²) in [7, 11) is -1.82. The van der Waals surface area contributed by atoms with Crippen LogP contribution >= 0.6 is 0 Å². The topological polar surface area (TPSA) is 96.0 Å². The summed E-state index contributed by atoms with van der Waals surface area (Å²) in [6, 6.07) is 6.25. The molecule has 138 valence electrons. The summed E-state index contributed by atoms with van der Waals surface area (Å²) in [5.74, 6) is -0.661. The van der Waals surface area contributed by atoms with E-state index in [0.29, 0.717) is 50.4 Å². The van der Waals surface area contributed by atoms with E-state index >= 15 is 0 Å². The summed E-state index contributed by atoms with van der Waals surface area (Å²) < 4.78 is 29.0. The van der Waals surface area contributed by atoms with E-state index < -0.39 is 16.0 Å². The molecule has 0 unspecified atom stereocenters. The second-order valence-electron chi connectivity index (χ2n) is 5.83. The van der Waals surface area contributed by atoms with E-state index in [9.17, 15) is 18.0 Å². The average Bonchev–Trinajstić information content (AvgIpc) is 2.60. The molecule has 9 heteroatoms. The number of ether oxygens (including phenoxy) is 1. The molecule has 0 spiro atoms. The van der Waals surface area contributed by atoms with Gasteiger partial charge in [-0.05, 0) is 24.3 Å². The van der Waals surface area contributed by atoms with E-state index in [4.69, 9.17) is 0 Å². The Balaban J connectivity index is 1.75. The number of benzene rings is 1. The Kier molecular flexibility index (Phi) is 6.51. The first kappa shape index (κ1) is 19.4. The third kappa shape index (κ3) is 5.52. The number of sulfonamides is 1. The van der Waals surface area contributed by atoms with Crippen molar-refractivity contribution in [2.24, 2.45) is 0 Å². The molecule has 0 aliphatic carbocycles. The normalized spacial score (nSPS) is 16.4. The van der Waals surface area contributed by atoms with Crippen LogP contribution in [-0.2, 0) is 14.8 Å². The van der Waals surface area contributed by atoms with Crippen LogP contribution in [0.1, 0.15) is 20.7 Å². The van der Waals surface area contributed by atoms with Crippen LogP contribution in [0.4, 0.5) is 0 Å². The zero-order valence-corrected chi connectivity index (χ0v) is 15.2. The summed E-state index contributed by atoms with van der Waals surface area (Å²) in [6.07, 6.45) is 1.22. The van der Waals surface area contributed by atoms with Crippen LogP contribution < -0.4 is 5.32 Å². The fourth-order valence-corrected chi connectivity index (χ4v) is 3.42. The molecule has 1 aromatic rings. The minimum absolute atomic E-state index is 0.216. The third-order valence-electron chi connectivity index (χ3n) is 4.08. The van der Waals surface area contributed by atoms with Crippen LogP contribution in [-0.4, -0.2) is 82.1 Å². The summed E-state index contributed by atoms with van der Waals surface area (Å²) in [5.41, 5.74) is 0.859. The largest absolute Gasteiger partial charge is 0.465 e. The number of rotatable bonds is 6. The third-order valence-corrected chi connectivity index (χ3v) is 5.39. The molecule has 1 aromatic carbocycles. The second kappa shape index (κ2) is 8.41. The highest BCUT2D eigenvalue weighted by molar-refractivity contribution is 7.88. The molecule has 1 aliphatic heterocycles. The quantitative estimate of drug-likeness (QED) is 0.697. The van der Waals surface area contributed by atoms with Crippen molar-refractivity contribution < 1.29 is 22.7 Å². The van der Waals surface area contributed by atoms with E-state index in [0.717, 1.165) is 0 Å². The highest BCUT2D eigenvalue weighted by Crippen LogP contribution is 2.07. The Morgan fingerprint density at radius 3 is 2.16 bits per heavy atom. The standard InChI is InChI=1S/C16H23N3O5S/c1-24-16(21)14-5-3-13(4-6-14)15(20)17-7-8-18-9-11-19(12-10-18)25(2,22)23/h3-6H,7-12H2,1-2H3,(H,17,20). The van der Waals surface area contributed by atoms with Gasteiger partial charge in [0, 0.05) is 44.8 Å². The Hall–Kier alpha value is -1.97. The van der Waals surface area contributed by atoms with Crippen molar-refractivity contribution in [3.63, 3.8) is 0 Å². The van der Waals surface area contributed by atoms with Crippen LogP contribution in [0.2, 0.25) is 0 Å². The van der Waals surface area contributed by atoms with Gasteiger partial charge in [0.25, 0.3) is 5.91 Å². The van der Waals surface area contributed by atoms with Crippen molar-refractivity contribution in [2.45, 2.75) is 0 Å². The fraction of sp³-hybridized carbons (Fsp3) is 0.500. The molecule has 0 bridgehead atoms. The molecule has 1 N–H and O–H groups in total. The monoisotopic (exact) mass is 369 g/mol. The molecule has 2 rings (SSSR count). The van der Waals surface area contributed by atoms with Crippen molar-refractivity contribution in [3.05, 3.63) is 35.4 Å². The lowest BCUT2D eigenvalue weighted by molar-refractivity contribution is 0.0600. The highest BCUT2D eigenvalue weighted by atomic mass is 32.2. The molecule has 1 aliphatic rings. The van der Waals surface area contributed by atoms with Crippen LogP contribution in [0.5, 0.6) is 0 Å². The SMILES string of the molecule is COC(=O)c1ccc(C(=O)NCCN2CCN(S(C)(=O)=O)CC2)cc1. The van der Waals surface area contributed by atoms with Gasteiger partial charge in [0.05, 0.1) is 18.9 Å². The molecule has 1 heterocycles. The van der Waals surface area contributed by atoms with Crippen LogP contribution in [0.25, 0.3) is 0 Å². The van der Waals surface area contributed by atoms with Gasteiger partial charge in [0.2, 0.25) is 10.0 Å². The Morgan fingerprint density at radius 1 is 1.08 bits per heavy atom. The molecule has 0 radical (unpaired) electrons. The Labute approximate surface area is 147 Å². The smallest absolute Gasteiger partial charge is 0.337 e. The maximum atomic E-state index is 12.1. The van der Waals surface area contributed by atoms with Gasteiger partial charge in [-0.2, -0.15) is 4.31 Å². The highest BCUT2D eigenvalue weighted by Gasteiger charge is 2.23. The van der Waals surface area contributed by atoms with Gasteiger partial charge in [-0.1, -0.05) is 0 Å². The van der Waals surface area contributed by atoms with E-state index in [1.54, 1.807) is 24.3 Å². The second-order valence-corrected chi connectivity index (χ2v) is 7.81. The predicted octanol–water partition coefficient (Wildman–Crippen LogP) is -0.220. The molecular weight excluding hydrogens is 346 g/mol. The number of carbonyl (C=O) groups is 2. The van der Waals surface area contributed by atoms with Gasteiger partial charge in [0.15, 0.2) is 0 Å². The minimum atomic E-state index is -3.13. The number of amides is 1. The van der Waals surface area contributed by atoms with Gasteiger partial charge < -0.3 is 10.1 Å². The number of piperazine rings is 1. The maximum Gasteiger partial charge on any atom is 0.337 e.